The molecule has 118 valence electrons. The third-order valence-corrected chi connectivity index (χ3v) is 4.74. The molecule has 0 saturated heterocycles. The summed E-state index contributed by atoms with van der Waals surface area (Å²) in [4.78, 5) is 22.6. The number of ether oxygens (including phenoxy) is 2. The van der Waals surface area contributed by atoms with Gasteiger partial charge in [-0.15, -0.1) is 0 Å². The summed E-state index contributed by atoms with van der Waals surface area (Å²) < 4.78 is 10.6. The SMILES string of the molecule is NC(=O)O[C@@H]1[C@@H]2CCCC[C@H]2c2ccccc2[C@@H]1OC(N)=O. The molecular weight excluding hydrogens is 284 g/mol. The number of carbonyl (C=O) groups is 2. The van der Waals surface area contributed by atoms with Gasteiger partial charge < -0.3 is 20.9 Å². The molecule has 4 N–H and O–H groups in total. The van der Waals surface area contributed by atoms with Gasteiger partial charge in [-0.05, 0) is 29.9 Å². The van der Waals surface area contributed by atoms with E-state index in [2.05, 4.69) is 6.07 Å². The van der Waals surface area contributed by atoms with E-state index in [1.54, 1.807) is 0 Å². The van der Waals surface area contributed by atoms with Crippen molar-refractivity contribution in [3.05, 3.63) is 35.4 Å². The van der Waals surface area contributed by atoms with Crippen LogP contribution in [0.15, 0.2) is 24.3 Å². The summed E-state index contributed by atoms with van der Waals surface area (Å²) in [6.45, 7) is 0. The molecule has 6 heteroatoms. The van der Waals surface area contributed by atoms with Gasteiger partial charge in [0.15, 0.2) is 6.10 Å². The Kier molecular flexibility index (Phi) is 3.92. The van der Waals surface area contributed by atoms with E-state index in [1.807, 2.05) is 18.2 Å². The van der Waals surface area contributed by atoms with E-state index < -0.39 is 24.4 Å². The normalized spacial score (nSPS) is 29.8. The first-order valence-corrected chi connectivity index (χ1v) is 7.59. The van der Waals surface area contributed by atoms with Crippen molar-refractivity contribution in [2.45, 2.75) is 43.8 Å². The molecule has 2 aliphatic carbocycles. The molecule has 0 bridgehead atoms. The fourth-order valence-electron chi connectivity index (χ4n) is 3.99. The molecule has 0 unspecified atom stereocenters. The van der Waals surface area contributed by atoms with E-state index in [1.165, 1.54) is 0 Å². The largest absolute Gasteiger partial charge is 0.442 e. The minimum atomic E-state index is -0.882. The number of rotatable bonds is 2. The quantitative estimate of drug-likeness (QED) is 0.876. The maximum Gasteiger partial charge on any atom is 0.405 e. The Bertz CT molecular complexity index is 589. The van der Waals surface area contributed by atoms with E-state index in [9.17, 15) is 9.59 Å². The number of fused-ring (bicyclic) bond motifs is 3. The smallest absolute Gasteiger partial charge is 0.405 e. The predicted octanol–water partition coefficient (Wildman–Crippen LogP) is 2.57. The van der Waals surface area contributed by atoms with Crippen LogP contribution in [0, 0.1) is 5.92 Å². The number of hydrogen-bond donors (Lipinski definition) is 2. The number of benzene rings is 1. The molecule has 1 saturated carbocycles. The lowest BCUT2D eigenvalue weighted by molar-refractivity contribution is -0.0568. The van der Waals surface area contributed by atoms with Gasteiger partial charge in [-0.3, -0.25) is 0 Å². The Labute approximate surface area is 128 Å². The zero-order valence-corrected chi connectivity index (χ0v) is 12.2. The molecule has 1 fully saturated rings. The summed E-state index contributed by atoms with van der Waals surface area (Å²) >= 11 is 0. The number of carbonyl (C=O) groups excluding carboxylic acids is 2. The average Bonchev–Trinajstić information content (AvgIpc) is 2.50. The number of hydrogen-bond acceptors (Lipinski definition) is 4. The summed E-state index contributed by atoms with van der Waals surface area (Å²) in [5, 5.41) is 0. The highest BCUT2D eigenvalue weighted by atomic mass is 16.6. The van der Waals surface area contributed by atoms with E-state index >= 15 is 0 Å². The van der Waals surface area contributed by atoms with Crippen LogP contribution in [0.5, 0.6) is 0 Å². The van der Waals surface area contributed by atoms with Crippen molar-refractivity contribution < 1.29 is 19.1 Å². The van der Waals surface area contributed by atoms with E-state index in [-0.39, 0.29) is 5.92 Å². The van der Waals surface area contributed by atoms with Crippen molar-refractivity contribution >= 4 is 12.2 Å². The first-order valence-electron chi connectivity index (χ1n) is 7.59. The highest BCUT2D eigenvalue weighted by Crippen LogP contribution is 2.50. The van der Waals surface area contributed by atoms with Crippen LogP contribution in [0.4, 0.5) is 9.59 Å². The molecule has 0 aliphatic heterocycles. The van der Waals surface area contributed by atoms with E-state index in [4.69, 9.17) is 20.9 Å². The highest BCUT2D eigenvalue weighted by molar-refractivity contribution is 5.66. The van der Waals surface area contributed by atoms with Gasteiger partial charge >= 0.3 is 12.2 Å². The summed E-state index contributed by atoms with van der Waals surface area (Å²) in [6, 6.07) is 7.79. The van der Waals surface area contributed by atoms with Gasteiger partial charge in [0.05, 0.1) is 0 Å². The molecule has 0 radical (unpaired) electrons. The van der Waals surface area contributed by atoms with Crippen LogP contribution in [-0.4, -0.2) is 18.3 Å². The minimum absolute atomic E-state index is 0.0977. The molecule has 2 amide bonds. The Hall–Kier alpha value is -2.24. The third kappa shape index (κ3) is 2.61. The highest BCUT2D eigenvalue weighted by Gasteiger charge is 2.47. The zero-order chi connectivity index (χ0) is 15.7. The molecule has 22 heavy (non-hydrogen) atoms. The summed E-state index contributed by atoms with van der Waals surface area (Å²) in [5.41, 5.74) is 12.4. The number of primary amides is 2. The Morgan fingerprint density at radius 2 is 1.59 bits per heavy atom. The first-order chi connectivity index (χ1) is 10.6. The van der Waals surface area contributed by atoms with Crippen molar-refractivity contribution in [3.63, 3.8) is 0 Å². The van der Waals surface area contributed by atoms with Crippen LogP contribution in [0.3, 0.4) is 0 Å². The fraction of sp³-hybridized carbons (Fsp3) is 0.500. The maximum absolute atomic E-state index is 11.3. The lowest BCUT2D eigenvalue weighted by atomic mass is 9.65. The minimum Gasteiger partial charge on any atom is -0.442 e. The van der Waals surface area contributed by atoms with Crippen LogP contribution in [0.2, 0.25) is 0 Å². The first kappa shape index (κ1) is 14.7. The summed E-state index contributed by atoms with van der Waals surface area (Å²) in [7, 11) is 0. The predicted molar refractivity (Wildman–Crippen MR) is 79.0 cm³/mol. The molecular formula is C16H20N2O4. The van der Waals surface area contributed by atoms with Crippen molar-refractivity contribution in [3.8, 4) is 0 Å². The second-order valence-corrected chi connectivity index (χ2v) is 5.94. The van der Waals surface area contributed by atoms with Gasteiger partial charge in [-0.2, -0.15) is 0 Å². The second-order valence-electron chi connectivity index (χ2n) is 5.94. The van der Waals surface area contributed by atoms with E-state index in [0.29, 0.717) is 5.92 Å². The molecule has 3 rings (SSSR count). The maximum atomic E-state index is 11.3. The monoisotopic (exact) mass is 304 g/mol. The number of amides is 2. The van der Waals surface area contributed by atoms with Gasteiger partial charge in [0.25, 0.3) is 0 Å². The van der Waals surface area contributed by atoms with Gasteiger partial charge in [0.1, 0.15) is 6.10 Å². The molecule has 1 aromatic rings. The summed E-state index contributed by atoms with van der Waals surface area (Å²) in [6.07, 6.45) is 1.13. The topological polar surface area (TPSA) is 105 Å². The van der Waals surface area contributed by atoms with Crippen LogP contribution >= 0.6 is 0 Å². The van der Waals surface area contributed by atoms with Crippen LogP contribution in [0.1, 0.15) is 48.8 Å². The Morgan fingerprint density at radius 3 is 2.27 bits per heavy atom. The molecule has 4 atom stereocenters. The third-order valence-electron chi connectivity index (χ3n) is 4.74. The van der Waals surface area contributed by atoms with Gasteiger partial charge in [-0.1, -0.05) is 37.1 Å². The Balaban J connectivity index is 2.05. The molecule has 0 aromatic heterocycles. The molecule has 6 nitrogen and oxygen atoms in total. The second kappa shape index (κ2) is 5.87. The molecule has 2 aliphatic rings. The molecule has 0 heterocycles. The standard InChI is InChI=1S/C16H20N2O4/c17-15(19)21-13-11-7-3-1-5-9(11)10-6-2-4-8-12(10)14(13)22-16(18)20/h1,3,5,7,10,12-14H,2,4,6,8H2,(H2,17,19)(H2,18,20)/t10-,12+,13-,14+/m0/s1. The fourth-order valence-corrected chi connectivity index (χ4v) is 3.99. The lowest BCUT2D eigenvalue weighted by Crippen LogP contribution is -2.44. The summed E-state index contributed by atoms with van der Waals surface area (Å²) in [5.74, 6) is 0.391. The average molecular weight is 304 g/mol. The van der Waals surface area contributed by atoms with Crippen molar-refractivity contribution in [2.75, 3.05) is 0 Å². The van der Waals surface area contributed by atoms with Crippen LogP contribution in [0.25, 0.3) is 0 Å². The van der Waals surface area contributed by atoms with Crippen LogP contribution in [-0.2, 0) is 9.47 Å². The van der Waals surface area contributed by atoms with Crippen molar-refractivity contribution in [2.24, 2.45) is 17.4 Å². The van der Waals surface area contributed by atoms with E-state index in [0.717, 1.165) is 36.8 Å². The number of nitrogens with two attached hydrogens (primary N) is 2. The van der Waals surface area contributed by atoms with Gasteiger partial charge in [0, 0.05) is 5.92 Å². The van der Waals surface area contributed by atoms with Crippen molar-refractivity contribution in [1.82, 2.24) is 0 Å². The molecule has 0 spiro atoms. The Morgan fingerprint density at radius 1 is 0.955 bits per heavy atom. The zero-order valence-electron chi connectivity index (χ0n) is 12.2. The van der Waals surface area contributed by atoms with Gasteiger partial charge in [0.2, 0.25) is 0 Å². The van der Waals surface area contributed by atoms with Gasteiger partial charge in [-0.25, -0.2) is 9.59 Å². The lowest BCUT2D eigenvalue weighted by Gasteiger charge is -2.44. The van der Waals surface area contributed by atoms with Crippen molar-refractivity contribution in [1.29, 1.82) is 0 Å². The van der Waals surface area contributed by atoms with Crippen LogP contribution < -0.4 is 11.5 Å². The molecule has 1 aromatic carbocycles.